The molecular formula is C31H39N5O12S. The minimum atomic E-state index is -4.52. The normalized spacial score (nSPS) is 17.1. The van der Waals surface area contributed by atoms with Crippen LogP contribution in [0.2, 0.25) is 0 Å². The van der Waals surface area contributed by atoms with Crippen molar-refractivity contribution in [3.05, 3.63) is 54.1 Å². The number of nitrogens with zero attached hydrogens (tertiary/aromatic N) is 3. The number of aliphatic hydroxyl groups excluding tert-OH is 1. The van der Waals surface area contributed by atoms with Gasteiger partial charge in [-0.3, -0.25) is 10.2 Å². The van der Waals surface area contributed by atoms with Gasteiger partial charge in [-0.15, -0.1) is 5.10 Å². The number of anilines is 1. The molecule has 1 saturated carbocycles. The number of hydrogen-bond donors (Lipinski definition) is 3. The first kappa shape index (κ1) is 36.0. The molecule has 2 aromatic carbocycles. The minimum Gasteiger partial charge on any atom is -0.453 e. The molecule has 2 aliphatic rings. The van der Waals surface area contributed by atoms with Gasteiger partial charge in [-0.25, -0.2) is 22.8 Å². The van der Waals surface area contributed by atoms with Crippen LogP contribution in [0.4, 0.5) is 20.2 Å². The number of carbonyl (C=O) groups excluding carboxylic acids is 3. The van der Waals surface area contributed by atoms with Gasteiger partial charge in [0.25, 0.3) is 10.0 Å². The minimum absolute atomic E-state index is 0.0836. The molecule has 1 aliphatic carbocycles. The van der Waals surface area contributed by atoms with E-state index >= 15 is 0 Å². The molecule has 3 aromatic rings. The predicted octanol–water partition coefficient (Wildman–Crippen LogP) is 2.77. The maximum Gasteiger partial charge on any atom is 0.435 e. The summed E-state index contributed by atoms with van der Waals surface area (Å²) in [7, 11) is -2.25. The van der Waals surface area contributed by atoms with Crippen molar-refractivity contribution in [2.75, 3.05) is 46.1 Å². The van der Waals surface area contributed by atoms with E-state index in [0.717, 1.165) is 41.8 Å². The number of aromatic nitrogens is 2. The molecule has 5 rings (SSSR count). The van der Waals surface area contributed by atoms with Crippen LogP contribution >= 0.6 is 0 Å². The number of alkyl carbamates (subject to hydrolysis) is 1. The van der Waals surface area contributed by atoms with Gasteiger partial charge in [0.15, 0.2) is 11.9 Å². The van der Waals surface area contributed by atoms with E-state index < -0.39 is 59.2 Å². The summed E-state index contributed by atoms with van der Waals surface area (Å²) < 4.78 is 55.3. The molecule has 2 fully saturated rings. The number of carbonyl (C=O) groups is 3. The lowest BCUT2D eigenvalue weighted by Crippen LogP contribution is -2.52. The van der Waals surface area contributed by atoms with Crippen LogP contribution in [-0.2, 0) is 45.0 Å². The smallest absolute Gasteiger partial charge is 0.435 e. The summed E-state index contributed by atoms with van der Waals surface area (Å²) in [5, 5.41) is 20.8. The summed E-state index contributed by atoms with van der Waals surface area (Å²) in [6.45, 7) is -0.203. The lowest BCUT2D eigenvalue weighted by atomic mass is 10.0. The third kappa shape index (κ3) is 9.02. The van der Waals surface area contributed by atoms with E-state index in [1.807, 2.05) is 18.2 Å². The number of ether oxygens (including phenoxy) is 5. The maximum atomic E-state index is 14.3. The number of rotatable bonds is 12. The Kier molecular flexibility index (Phi) is 12.0. The quantitative estimate of drug-likeness (QED) is 0.183. The van der Waals surface area contributed by atoms with Crippen molar-refractivity contribution in [1.82, 2.24) is 19.6 Å². The first-order valence-corrected chi connectivity index (χ1v) is 17.0. The van der Waals surface area contributed by atoms with Gasteiger partial charge < -0.3 is 34.1 Å². The van der Waals surface area contributed by atoms with Crippen LogP contribution in [0.15, 0.2) is 53.4 Å². The fraction of sp³-hybridized carbons (Fsp3) is 0.484. The molecule has 0 radical (unpaired) electrons. The number of benzene rings is 2. The van der Waals surface area contributed by atoms with Gasteiger partial charge in [-0.05, 0) is 43.0 Å². The summed E-state index contributed by atoms with van der Waals surface area (Å²) in [5.41, 5.74) is 0.904. The molecule has 1 aliphatic heterocycles. The molecule has 17 nitrogen and oxygen atoms in total. The van der Waals surface area contributed by atoms with Crippen LogP contribution in [0.1, 0.15) is 31.2 Å². The number of fused-ring (bicyclic) bond motifs is 1. The van der Waals surface area contributed by atoms with Gasteiger partial charge in [-0.2, -0.15) is 4.68 Å². The number of nitrogens with one attached hydrogen (secondary N) is 2. The number of hydroxylamine groups is 1. The number of sulfonamides is 1. The van der Waals surface area contributed by atoms with Gasteiger partial charge >= 0.3 is 18.3 Å². The van der Waals surface area contributed by atoms with E-state index in [9.17, 15) is 27.9 Å². The summed E-state index contributed by atoms with van der Waals surface area (Å²) in [5.74, 6) is -0.160. The van der Waals surface area contributed by atoms with E-state index in [1.54, 1.807) is 12.1 Å². The molecule has 0 unspecified atom stereocenters. The molecule has 2 heterocycles. The first-order chi connectivity index (χ1) is 23.6. The zero-order chi connectivity index (χ0) is 35.0. The summed E-state index contributed by atoms with van der Waals surface area (Å²) >= 11 is 0. The van der Waals surface area contributed by atoms with Crippen LogP contribution < -0.4 is 10.6 Å². The molecule has 266 valence electrons. The standard InChI is InChI=1S/C31H39N5O12S/c1-43-29(38)33-28-24-15-23(12-13-26(24)36(34-28)31(40)44-2)49(41,42)35(48-21-10-6-7-11-21)16-27(37)25(14-20-8-4-3-5-9-20)32-30(39)47-22-17-45-19-46-18-22/h3-5,8-9,12-13,15,21-22,25,27,37H,6-7,10-11,14,16-19H2,1-2H3,(H,32,39)(H,33,34,38)/t25-,27-/m0/s1. The van der Waals surface area contributed by atoms with Crippen molar-refractivity contribution in [3.63, 3.8) is 0 Å². The fourth-order valence-corrected chi connectivity index (χ4v) is 6.83. The molecule has 2 atom stereocenters. The van der Waals surface area contributed by atoms with Crippen LogP contribution in [0.25, 0.3) is 10.9 Å². The zero-order valence-electron chi connectivity index (χ0n) is 27.0. The Bertz CT molecular complexity index is 1710. The molecule has 18 heteroatoms. The molecule has 2 amide bonds. The van der Waals surface area contributed by atoms with Crippen LogP contribution in [0.5, 0.6) is 0 Å². The average Bonchev–Trinajstić information content (AvgIpc) is 3.76. The zero-order valence-corrected chi connectivity index (χ0v) is 27.8. The highest BCUT2D eigenvalue weighted by atomic mass is 32.2. The molecular weight excluding hydrogens is 666 g/mol. The Morgan fingerprint density at radius 3 is 2.41 bits per heavy atom. The molecule has 1 saturated heterocycles. The maximum absolute atomic E-state index is 14.3. The summed E-state index contributed by atoms with van der Waals surface area (Å²) in [4.78, 5) is 43.1. The largest absolute Gasteiger partial charge is 0.453 e. The van der Waals surface area contributed by atoms with Crippen LogP contribution in [0.3, 0.4) is 0 Å². The lowest BCUT2D eigenvalue weighted by molar-refractivity contribution is -0.153. The Labute approximate surface area is 282 Å². The number of methoxy groups -OCH3 is 2. The second-order valence-electron chi connectivity index (χ2n) is 11.4. The van der Waals surface area contributed by atoms with Gasteiger partial charge in [0.1, 0.15) is 6.79 Å². The van der Waals surface area contributed by atoms with Gasteiger partial charge in [0, 0.05) is 5.39 Å². The van der Waals surface area contributed by atoms with Crippen molar-refractivity contribution in [2.45, 2.75) is 61.4 Å². The summed E-state index contributed by atoms with van der Waals surface area (Å²) in [6.07, 6.45) is -2.22. The lowest BCUT2D eigenvalue weighted by Gasteiger charge is -2.31. The van der Waals surface area contributed by atoms with Crippen molar-refractivity contribution >= 4 is 45.0 Å². The highest BCUT2D eigenvalue weighted by molar-refractivity contribution is 7.89. The van der Waals surface area contributed by atoms with E-state index in [1.165, 1.54) is 18.2 Å². The predicted molar refractivity (Wildman–Crippen MR) is 171 cm³/mol. The molecule has 3 N–H and O–H groups in total. The van der Waals surface area contributed by atoms with E-state index in [0.29, 0.717) is 12.8 Å². The van der Waals surface area contributed by atoms with Gasteiger partial charge in [0.2, 0.25) is 0 Å². The molecule has 49 heavy (non-hydrogen) atoms. The third-order valence-electron chi connectivity index (χ3n) is 7.99. The van der Waals surface area contributed by atoms with E-state index in [4.69, 9.17) is 23.8 Å². The van der Waals surface area contributed by atoms with Gasteiger partial charge in [-0.1, -0.05) is 47.6 Å². The van der Waals surface area contributed by atoms with Crippen LogP contribution in [0, 0.1) is 0 Å². The Balaban J connectivity index is 1.45. The monoisotopic (exact) mass is 705 g/mol. The Hall–Kier alpha value is -4.33. The second-order valence-corrected chi connectivity index (χ2v) is 13.3. The molecule has 0 bridgehead atoms. The fourth-order valence-electron chi connectivity index (χ4n) is 5.50. The SMILES string of the molecule is COC(=O)Nc1nn(C(=O)OC)c2ccc(S(=O)(=O)N(C[C@H](O)[C@H](Cc3ccccc3)NC(=O)OC3COCOC3)OC3CCCC3)cc12. The number of aliphatic hydroxyl groups is 1. The number of amides is 2. The molecule has 0 spiro atoms. The van der Waals surface area contributed by atoms with Crippen LogP contribution in [-0.4, -0.2) is 111 Å². The average molecular weight is 706 g/mol. The Morgan fingerprint density at radius 1 is 1.02 bits per heavy atom. The highest BCUT2D eigenvalue weighted by Gasteiger charge is 2.35. The first-order valence-electron chi connectivity index (χ1n) is 15.6. The van der Waals surface area contributed by atoms with Crippen molar-refractivity contribution in [2.24, 2.45) is 0 Å². The van der Waals surface area contributed by atoms with Crippen molar-refractivity contribution in [1.29, 1.82) is 0 Å². The Morgan fingerprint density at radius 2 is 1.73 bits per heavy atom. The summed E-state index contributed by atoms with van der Waals surface area (Å²) in [6, 6.07) is 11.8. The second kappa shape index (κ2) is 16.4. The number of hydrogen-bond acceptors (Lipinski definition) is 13. The van der Waals surface area contributed by atoms with E-state index in [-0.39, 0.29) is 48.0 Å². The van der Waals surface area contributed by atoms with E-state index in [2.05, 4.69) is 20.5 Å². The molecule has 1 aromatic heterocycles. The van der Waals surface area contributed by atoms with Crippen molar-refractivity contribution < 1.29 is 56.4 Å². The topological polar surface area (TPSA) is 206 Å². The van der Waals surface area contributed by atoms with Crippen molar-refractivity contribution in [3.8, 4) is 0 Å². The van der Waals surface area contributed by atoms with Gasteiger partial charge in [0.05, 0.1) is 62.6 Å². The third-order valence-corrected chi connectivity index (χ3v) is 9.61. The highest BCUT2D eigenvalue weighted by Crippen LogP contribution is 2.30.